The summed E-state index contributed by atoms with van der Waals surface area (Å²) < 4.78 is 58.0. The lowest BCUT2D eigenvalue weighted by molar-refractivity contribution is 0.439. The second-order valence-corrected chi connectivity index (χ2v) is 9.22. The molecule has 1 aromatic heterocycles. The van der Waals surface area contributed by atoms with Gasteiger partial charge in [0.2, 0.25) is 0 Å². The minimum absolute atomic E-state index is 0.138. The van der Waals surface area contributed by atoms with Crippen molar-refractivity contribution in [3.05, 3.63) is 81.8 Å². The summed E-state index contributed by atoms with van der Waals surface area (Å²) >= 11 is 0. The Balaban J connectivity index is 2.17. The van der Waals surface area contributed by atoms with Crippen LogP contribution in [0.4, 0.5) is 8.78 Å². The predicted octanol–water partition coefficient (Wildman–Crippen LogP) is 4.46. The van der Waals surface area contributed by atoms with E-state index in [1.807, 2.05) is 6.92 Å². The summed E-state index contributed by atoms with van der Waals surface area (Å²) in [6.45, 7) is 3.95. The fourth-order valence-electron chi connectivity index (χ4n) is 3.13. The van der Waals surface area contributed by atoms with E-state index in [-0.39, 0.29) is 22.8 Å². The molecule has 158 valence electrons. The van der Waals surface area contributed by atoms with Crippen molar-refractivity contribution in [3.8, 4) is 22.6 Å². The van der Waals surface area contributed by atoms with Crippen molar-refractivity contribution >= 4 is 9.84 Å². The monoisotopic (exact) mass is 433 g/mol. The molecule has 5 nitrogen and oxygen atoms in total. The highest BCUT2D eigenvalue weighted by atomic mass is 32.2. The summed E-state index contributed by atoms with van der Waals surface area (Å²) in [7, 11) is -3.28. The van der Waals surface area contributed by atoms with Crippen molar-refractivity contribution in [2.45, 2.75) is 26.1 Å². The molecule has 3 rings (SSSR count). The number of sulfone groups is 1. The standard InChI is InChI=1S/C22H21F2NO4S/c1-4-25-12-16(9-14(2)22(25)26)18-10-15(13-30(3,27)28)5-7-20(18)29-21-8-6-17(23)11-19(21)24/h5-12H,4,13H2,1-3H3. The highest BCUT2D eigenvalue weighted by Crippen LogP contribution is 2.35. The van der Waals surface area contributed by atoms with Crippen LogP contribution in [0, 0.1) is 18.6 Å². The van der Waals surface area contributed by atoms with E-state index in [4.69, 9.17) is 4.74 Å². The van der Waals surface area contributed by atoms with Gasteiger partial charge >= 0.3 is 0 Å². The van der Waals surface area contributed by atoms with Crippen LogP contribution in [0.3, 0.4) is 0 Å². The highest BCUT2D eigenvalue weighted by molar-refractivity contribution is 7.89. The highest BCUT2D eigenvalue weighted by Gasteiger charge is 2.15. The van der Waals surface area contributed by atoms with Crippen LogP contribution in [-0.4, -0.2) is 19.2 Å². The second-order valence-electron chi connectivity index (χ2n) is 7.08. The molecule has 0 saturated carbocycles. The number of benzene rings is 2. The maximum absolute atomic E-state index is 14.1. The number of nitrogens with zero attached hydrogens (tertiary/aromatic N) is 1. The molecule has 0 N–H and O–H groups in total. The van der Waals surface area contributed by atoms with Gasteiger partial charge in [-0.05, 0) is 49.7 Å². The molecule has 30 heavy (non-hydrogen) atoms. The molecule has 0 aliphatic rings. The van der Waals surface area contributed by atoms with Crippen LogP contribution in [0.2, 0.25) is 0 Å². The van der Waals surface area contributed by atoms with Crippen molar-refractivity contribution in [1.29, 1.82) is 0 Å². The van der Waals surface area contributed by atoms with Gasteiger partial charge in [-0.1, -0.05) is 6.07 Å². The van der Waals surface area contributed by atoms with E-state index in [2.05, 4.69) is 0 Å². The Hall–Kier alpha value is -3.00. The molecule has 3 aromatic rings. The molecule has 0 aliphatic carbocycles. The van der Waals surface area contributed by atoms with Crippen LogP contribution in [0.1, 0.15) is 18.1 Å². The zero-order valence-corrected chi connectivity index (χ0v) is 17.6. The molecule has 0 atom stereocenters. The van der Waals surface area contributed by atoms with Gasteiger partial charge in [0.15, 0.2) is 21.4 Å². The fourth-order valence-corrected chi connectivity index (χ4v) is 3.91. The molecule has 8 heteroatoms. The smallest absolute Gasteiger partial charge is 0.253 e. The Morgan fingerprint density at radius 3 is 2.37 bits per heavy atom. The van der Waals surface area contributed by atoms with Crippen LogP contribution in [-0.2, 0) is 22.1 Å². The molecule has 2 aromatic carbocycles. The SMILES string of the molecule is CCn1cc(-c2cc(CS(C)(=O)=O)ccc2Oc2ccc(F)cc2F)cc(C)c1=O. The van der Waals surface area contributed by atoms with Crippen LogP contribution < -0.4 is 10.3 Å². The molecule has 0 bridgehead atoms. The quantitative estimate of drug-likeness (QED) is 0.576. The van der Waals surface area contributed by atoms with Gasteiger partial charge in [0.1, 0.15) is 11.6 Å². The van der Waals surface area contributed by atoms with Crippen LogP contribution in [0.25, 0.3) is 11.1 Å². The van der Waals surface area contributed by atoms with Gasteiger partial charge in [0.25, 0.3) is 5.56 Å². The third kappa shape index (κ3) is 4.94. The molecular formula is C22H21F2NO4S. The van der Waals surface area contributed by atoms with Crippen LogP contribution >= 0.6 is 0 Å². The normalized spacial score (nSPS) is 11.5. The first-order chi connectivity index (χ1) is 14.1. The van der Waals surface area contributed by atoms with Crippen molar-refractivity contribution in [2.75, 3.05) is 6.26 Å². The first kappa shape index (κ1) is 21.7. The number of aryl methyl sites for hydroxylation is 2. The molecule has 0 radical (unpaired) electrons. The molecule has 0 aliphatic heterocycles. The Morgan fingerprint density at radius 1 is 1.03 bits per heavy atom. The van der Waals surface area contributed by atoms with Crippen LogP contribution in [0.15, 0.2) is 53.5 Å². The Labute approximate surface area is 173 Å². The summed E-state index contributed by atoms with van der Waals surface area (Å²) in [5, 5.41) is 0. The van der Waals surface area contributed by atoms with E-state index >= 15 is 0 Å². The molecule has 0 spiro atoms. The number of hydrogen-bond donors (Lipinski definition) is 0. The van der Waals surface area contributed by atoms with Gasteiger partial charge in [-0.3, -0.25) is 4.79 Å². The predicted molar refractivity (Wildman–Crippen MR) is 112 cm³/mol. The number of ether oxygens (including phenoxy) is 1. The average Bonchev–Trinajstić information content (AvgIpc) is 2.66. The lowest BCUT2D eigenvalue weighted by atomic mass is 10.0. The second kappa shape index (κ2) is 8.39. The largest absolute Gasteiger partial charge is 0.454 e. The van der Waals surface area contributed by atoms with Gasteiger partial charge in [0.05, 0.1) is 5.75 Å². The zero-order chi connectivity index (χ0) is 22.1. The Morgan fingerprint density at radius 2 is 1.73 bits per heavy atom. The van der Waals surface area contributed by atoms with Crippen molar-refractivity contribution < 1.29 is 21.9 Å². The number of pyridine rings is 1. The maximum atomic E-state index is 14.1. The van der Waals surface area contributed by atoms with Gasteiger partial charge in [-0.2, -0.15) is 0 Å². The molecule has 0 saturated heterocycles. The van der Waals surface area contributed by atoms with Gasteiger partial charge in [-0.15, -0.1) is 0 Å². The summed E-state index contributed by atoms with van der Waals surface area (Å²) in [6, 6.07) is 9.39. The zero-order valence-electron chi connectivity index (χ0n) is 16.8. The first-order valence-electron chi connectivity index (χ1n) is 9.22. The number of aromatic nitrogens is 1. The van der Waals surface area contributed by atoms with E-state index in [0.29, 0.717) is 34.9 Å². The van der Waals surface area contributed by atoms with Crippen LogP contribution in [0.5, 0.6) is 11.5 Å². The fraction of sp³-hybridized carbons (Fsp3) is 0.227. The molecular weight excluding hydrogens is 412 g/mol. The summed E-state index contributed by atoms with van der Waals surface area (Å²) in [5.41, 5.74) is 1.99. The van der Waals surface area contributed by atoms with Gasteiger partial charge < -0.3 is 9.30 Å². The van der Waals surface area contributed by atoms with E-state index in [1.165, 1.54) is 16.7 Å². The lowest BCUT2D eigenvalue weighted by Crippen LogP contribution is -2.20. The Bertz CT molecular complexity index is 1270. The topological polar surface area (TPSA) is 65.4 Å². The van der Waals surface area contributed by atoms with E-state index in [9.17, 15) is 22.0 Å². The molecule has 0 unspecified atom stereocenters. The Kier molecular flexibility index (Phi) is 6.07. The number of hydrogen-bond acceptors (Lipinski definition) is 4. The minimum Gasteiger partial charge on any atom is -0.454 e. The molecule has 0 fully saturated rings. The van der Waals surface area contributed by atoms with E-state index < -0.39 is 21.5 Å². The summed E-state index contributed by atoms with van der Waals surface area (Å²) in [5.74, 6) is -1.70. The van der Waals surface area contributed by atoms with Crippen molar-refractivity contribution in [2.24, 2.45) is 0 Å². The van der Waals surface area contributed by atoms with E-state index in [0.717, 1.165) is 12.3 Å². The maximum Gasteiger partial charge on any atom is 0.253 e. The van der Waals surface area contributed by atoms with E-state index in [1.54, 1.807) is 31.3 Å². The van der Waals surface area contributed by atoms with Crippen molar-refractivity contribution in [1.82, 2.24) is 4.57 Å². The van der Waals surface area contributed by atoms with Gasteiger partial charge in [-0.25, -0.2) is 17.2 Å². The molecule has 0 amide bonds. The minimum atomic E-state index is -3.28. The third-order valence-electron chi connectivity index (χ3n) is 4.50. The molecule has 1 heterocycles. The van der Waals surface area contributed by atoms with Gasteiger partial charge in [0, 0.05) is 41.8 Å². The van der Waals surface area contributed by atoms with Crippen molar-refractivity contribution in [3.63, 3.8) is 0 Å². The number of rotatable bonds is 6. The third-order valence-corrected chi connectivity index (χ3v) is 5.36. The summed E-state index contributed by atoms with van der Waals surface area (Å²) in [6.07, 6.45) is 2.77. The lowest BCUT2D eigenvalue weighted by Gasteiger charge is -2.15. The first-order valence-corrected chi connectivity index (χ1v) is 11.3. The summed E-state index contributed by atoms with van der Waals surface area (Å²) in [4.78, 5) is 12.3. The number of halogens is 2. The average molecular weight is 433 g/mol.